The van der Waals surface area contributed by atoms with E-state index in [-0.39, 0.29) is 0 Å². The lowest BCUT2D eigenvalue weighted by Crippen LogP contribution is -2.21. The molecule has 1 atom stereocenters. The molecule has 0 amide bonds. The van der Waals surface area contributed by atoms with Crippen molar-refractivity contribution >= 4 is 29.2 Å². The van der Waals surface area contributed by atoms with Gasteiger partial charge >= 0.3 is 0 Å². The van der Waals surface area contributed by atoms with Crippen LogP contribution >= 0.6 is 23.4 Å². The largest absolute Gasteiger partial charge is 0.369 e. The molecule has 0 aromatic carbocycles. The molecule has 0 radical (unpaired) electrons. The van der Waals surface area contributed by atoms with Crippen LogP contribution in [0.5, 0.6) is 0 Å². The van der Waals surface area contributed by atoms with E-state index in [0.29, 0.717) is 10.4 Å². The number of rotatable bonds is 4. The van der Waals surface area contributed by atoms with Crippen LogP contribution < -0.4 is 5.32 Å². The van der Waals surface area contributed by atoms with Gasteiger partial charge in [-0.05, 0) is 25.0 Å². The standard InChI is InChI=1S/C12H18ClN3S/c1-2-10-11(13)15-8-16-12(10)14-7-9-5-3-4-6-17-9/h8-9H,2-7H2,1H3,(H,14,15,16). The van der Waals surface area contributed by atoms with E-state index < -0.39 is 0 Å². The van der Waals surface area contributed by atoms with Gasteiger partial charge in [0.15, 0.2) is 0 Å². The Balaban J connectivity index is 1.95. The molecule has 0 saturated carbocycles. The van der Waals surface area contributed by atoms with Gasteiger partial charge in [-0.15, -0.1) is 0 Å². The second-order valence-corrected chi connectivity index (χ2v) is 5.98. The van der Waals surface area contributed by atoms with Gasteiger partial charge in [0.1, 0.15) is 17.3 Å². The van der Waals surface area contributed by atoms with Crippen LogP contribution in [-0.2, 0) is 6.42 Å². The summed E-state index contributed by atoms with van der Waals surface area (Å²) in [5, 5.41) is 4.70. The molecule has 1 aromatic heterocycles. The van der Waals surface area contributed by atoms with Crippen LogP contribution in [0.4, 0.5) is 5.82 Å². The Labute approximate surface area is 112 Å². The van der Waals surface area contributed by atoms with Crippen molar-refractivity contribution in [2.45, 2.75) is 37.9 Å². The third-order valence-electron chi connectivity index (χ3n) is 3.02. The van der Waals surface area contributed by atoms with E-state index in [2.05, 4.69) is 34.0 Å². The summed E-state index contributed by atoms with van der Waals surface area (Å²) in [6, 6.07) is 0. The highest BCUT2D eigenvalue weighted by molar-refractivity contribution is 7.99. The quantitative estimate of drug-likeness (QED) is 0.852. The summed E-state index contributed by atoms with van der Waals surface area (Å²) in [6.07, 6.45) is 6.40. The molecular weight excluding hydrogens is 254 g/mol. The third kappa shape index (κ3) is 3.49. The Morgan fingerprint density at radius 1 is 1.47 bits per heavy atom. The normalized spacial score (nSPS) is 20.2. The van der Waals surface area contributed by atoms with Crippen LogP contribution in [0.25, 0.3) is 0 Å². The number of thioether (sulfide) groups is 1. The van der Waals surface area contributed by atoms with E-state index in [9.17, 15) is 0 Å². The second kappa shape index (κ2) is 6.45. The van der Waals surface area contributed by atoms with Crippen molar-refractivity contribution in [3.8, 4) is 0 Å². The Morgan fingerprint density at radius 2 is 2.35 bits per heavy atom. The first-order chi connectivity index (χ1) is 8.31. The summed E-state index contributed by atoms with van der Waals surface area (Å²) < 4.78 is 0. The molecule has 1 aromatic rings. The van der Waals surface area contributed by atoms with Crippen LogP contribution in [0.1, 0.15) is 31.7 Å². The molecule has 2 rings (SSSR count). The number of nitrogens with one attached hydrogen (secondary N) is 1. The van der Waals surface area contributed by atoms with E-state index in [0.717, 1.165) is 24.3 Å². The first-order valence-corrected chi connectivity index (χ1v) is 7.58. The maximum absolute atomic E-state index is 6.05. The average Bonchev–Trinajstić information content (AvgIpc) is 2.37. The molecule has 1 N–H and O–H groups in total. The van der Waals surface area contributed by atoms with Gasteiger partial charge in [-0.2, -0.15) is 11.8 Å². The second-order valence-electron chi connectivity index (χ2n) is 4.21. The lowest BCUT2D eigenvalue weighted by Gasteiger charge is -2.22. The molecule has 1 aliphatic heterocycles. The molecule has 3 nitrogen and oxygen atoms in total. The lowest BCUT2D eigenvalue weighted by molar-refractivity contribution is 0.676. The van der Waals surface area contributed by atoms with E-state index in [4.69, 9.17) is 11.6 Å². The first kappa shape index (κ1) is 13.0. The van der Waals surface area contributed by atoms with Crippen molar-refractivity contribution in [1.82, 2.24) is 9.97 Å². The minimum atomic E-state index is 0.571. The summed E-state index contributed by atoms with van der Waals surface area (Å²) in [5.41, 5.74) is 1.02. The Hall–Kier alpha value is -0.480. The fraction of sp³-hybridized carbons (Fsp3) is 0.667. The van der Waals surface area contributed by atoms with Crippen LogP contribution in [0.2, 0.25) is 5.15 Å². The van der Waals surface area contributed by atoms with Gasteiger partial charge in [-0.3, -0.25) is 0 Å². The monoisotopic (exact) mass is 271 g/mol. The van der Waals surface area contributed by atoms with Gasteiger partial charge < -0.3 is 5.32 Å². The van der Waals surface area contributed by atoms with Gasteiger partial charge in [-0.1, -0.05) is 24.9 Å². The molecule has 0 aliphatic carbocycles. The van der Waals surface area contributed by atoms with Crippen molar-refractivity contribution in [1.29, 1.82) is 0 Å². The zero-order chi connectivity index (χ0) is 12.1. The van der Waals surface area contributed by atoms with Gasteiger partial charge in [0, 0.05) is 17.4 Å². The number of anilines is 1. The summed E-state index contributed by atoms with van der Waals surface area (Å²) in [7, 11) is 0. The molecule has 1 saturated heterocycles. The SMILES string of the molecule is CCc1c(Cl)ncnc1NCC1CCCCS1. The number of nitrogens with zero attached hydrogens (tertiary/aromatic N) is 2. The molecule has 0 bridgehead atoms. The maximum Gasteiger partial charge on any atom is 0.137 e. The van der Waals surface area contributed by atoms with E-state index in [1.54, 1.807) is 0 Å². The summed E-state index contributed by atoms with van der Waals surface area (Å²) in [5.74, 6) is 2.19. The fourth-order valence-electron chi connectivity index (χ4n) is 2.04. The number of hydrogen-bond donors (Lipinski definition) is 1. The molecule has 1 unspecified atom stereocenters. The highest BCUT2D eigenvalue weighted by Crippen LogP contribution is 2.26. The fourth-order valence-corrected chi connectivity index (χ4v) is 3.54. The zero-order valence-corrected chi connectivity index (χ0v) is 11.7. The lowest BCUT2D eigenvalue weighted by atomic mass is 10.2. The summed E-state index contributed by atoms with van der Waals surface area (Å²) in [4.78, 5) is 8.29. The van der Waals surface area contributed by atoms with Gasteiger partial charge in [0.25, 0.3) is 0 Å². The Bertz CT molecular complexity index is 367. The van der Waals surface area contributed by atoms with Crippen molar-refractivity contribution in [2.24, 2.45) is 0 Å². The maximum atomic E-state index is 6.05. The van der Waals surface area contributed by atoms with Crippen molar-refractivity contribution < 1.29 is 0 Å². The first-order valence-electron chi connectivity index (χ1n) is 6.16. The van der Waals surface area contributed by atoms with Gasteiger partial charge in [-0.25, -0.2) is 9.97 Å². The molecule has 2 heterocycles. The van der Waals surface area contributed by atoms with Crippen LogP contribution in [0.15, 0.2) is 6.33 Å². The molecular formula is C12H18ClN3S. The molecule has 1 aliphatic rings. The van der Waals surface area contributed by atoms with Crippen molar-refractivity contribution in [3.05, 3.63) is 17.0 Å². The Morgan fingerprint density at radius 3 is 3.06 bits per heavy atom. The topological polar surface area (TPSA) is 37.8 Å². The van der Waals surface area contributed by atoms with Crippen LogP contribution in [-0.4, -0.2) is 27.5 Å². The molecule has 1 fully saturated rings. The van der Waals surface area contributed by atoms with E-state index in [1.165, 1.54) is 31.3 Å². The van der Waals surface area contributed by atoms with Crippen LogP contribution in [0, 0.1) is 0 Å². The van der Waals surface area contributed by atoms with Crippen molar-refractivity contribution in [3.63, 3.8) is 0 Å². The third-order valence-corrected chi connectivity index (χ3v) is 4.74. The minimum absolute atomic E-state index is 0.571. The van der Waals surface area contributed by atoms with Gasteiger partial charge in [0.2, 0.25) is 0 Å². The molecule has 5 heteroatoms. The smallest absolute Gasteiger partial charge is 0.137 e. The summed E-state index contributed by atoms with van der Waals surface area (Å²) >= 11 is 8.12. The average molecular weight is 272 g/mol. The number of halogens is 1. The zero-order valence-electron chi connectivity index (χ0n) is 10.1. The minimum Gasteiger partial charge on any atom is -0.369 e. The number of hydrogen-bond acceptors (Lipinski definition) is 4. The molecule has 94 valence electrons. The highest BCUT2D eigenvalue weighted by atomic mass is 35.5. The van der Waals surface area contributed by atoms with E-state index >= 15 is 0 Å². The predicted octanol–water partition coefficient (Wildman–Crippen LogP) is 3.39. The van der Waals surface area contributed by atoms with E-state index in [1.807, 2.05) is 0 Å². The van der Waals surface area contributed by atoms with Crippen LogP contribution in [0.3, 0.4) is 0 Å². The highest BCUT2D eigenvalue weighted by Gasteiger charge is 2.15. The van der Waals surface area contributed by atoms with Crippen molar-refractivity contribution in [2.75, 3.05) is 17.6 Å². The Kier molecular flexibility index (Phi) is 4.92. The number of aromatic nitrogens is 2. The summed E-state index contributed by atoms with van der Waals surface area (Å²) in [6.45, 7) is 3.05. The van der Waals surface area contributed by atoms with Gasteiger partial charge in [0.05, 0.1) is 0 Å². The molecule has 0 spiro atoms. The molecule has 17 heavy (non-hydrogen) atoms. The predicted molar refractivity (Wildman–Crippen MR) is 75.0 cm³/mol.